The van der Waals surface area contributed by atoms with Crippen molar-refractivity contribution < 1.29 is 23.7 Å². The number of unbranched alkanes of at least 4 members (excludes halogenated alkanes) is 6. The third-order valence-electron chi connectivity index (χ3n) is 3.05. The third kappa shape index (κ3) is 17.1. The first kappa shape index (κ1) is 21.1. The van der Waals surface area contributed by atoms with Crippen LogP contribution in [0.15, 0.2) is 12.2 Å². The second-order valence-corrected chi connectivity index (χ2v) is 4.99. The monoisotopic (exact) mass is 316 g/mol. The summed E-state index contributed by atoms with van der Waals surface area (Å²) >= 11 is 0. The summed E-state index contributed by atoms with van der Waals surface area (Å²) in [5.74, 6) is -0.242. The van der Waals surface area contributed by atoms with E-state index in [0.29, 0.717) is 26.6 Å². The third-order valence-corrected chi connectivity index (χ3v) is 3.05. The van der Waals surface area contributed by atoms with Gasteiger partial charge in [-0.05, 0) is 26.2 Å². The highest BCUT2D eigenvalue weighted by Gasteiger charge is 1.94. The number of esters is 1. The maximum Gasteiger partial charge on any atom is 0.330 e. The van der Waals surface area contributed by atoms with Crippen molar-refractivity contribution in [2.45, 2.75) is 51.9 Å². The SMILES string of the molecule is CCOC(=O)C=CCCCCCCCCOCOCCOC. The summed E-state index contributed by atoms with van der Waals surface area (Å²) < 4.78 is 20.2. The van der Waals surface area contributed by atoms with E-state index in [9.17, 15) is 4.79 Å². The number of ether oxygens (including phenoxy) is 4. The molecule has 0 N–H and O–H groups in total. The van der Waals surface area contributed by atoms with Crippen LogP contribution in [-0.2, 0) is 23.7 Å². The molecule has 0 radical (unpaired) electrons. The van der Waals surface area contributed by atoms with Gasteiger partial charge in [-0.15, -0.1) is 0 Å². The predicted octanol–water partition coefficient (Wildman–Crippen LogP) is 3.47. The van der Waals surface area contributed by atoms with Crippen LogP contribution in [0.3, 0.4) is 0 Å². The van der Waals surface area contributed by atoms with Crippen molar-refractivity contribution in [1.82, 2.24) is 0 Å². The topological polar surface area (TPSA) is 54.0 Å². The molecule has 0 aromatic carbocycles. The Bertz CT molecular complexity index is 266. The van der Waals surface area contributed by atoms with Gasteiger partial charge in [0.1, 0.15) is 6.79 Å². The van der Waals surface area contributed by atoms with E-state index in [2.05, 4.69) is 0 Å². The first-order chi connectivity index (χ1) is 10.8. The lowest BCUT2D eigenvalue weighted by Crippen LogP contribution is -2.06. The predicted molar refractivity (Wildman–Crippen MR) is 86.7 cm³/mol. The minimum Gasteiger partial charge on any atom is -0.463 e. The van der Waals surface area contributed by atoms with Gasteiger partial charge in [0.2, 0.25) is 0 Å². The number of allylic oxidation sites excluding steroid dienone is 1. The average Bonchev–Trinajstić information content (AvgIpc) is 2.51. The maximum absolute atomic E-state index is 11.0. The van der Waals surface area contributed by atoms with Gasteiger partial charge < -0.3 is 18.9 Å². The van der Waals surface area contributed by atoms with Crippen LogP contribution in [0.4, 0.5) is 0 Å². The summed E-state index contributed by atoms with van der Waals surface area (Å²) in [4.78, 5) is 11.0. The highest BCUT2D eigenvalue weighted by Crippen LogP contribution is 2.07. The Kier molecular flexibility index (Phi) is 17.4. The van der Waals surface area contributed by atoms with Gasteiger partial charge in [-0.25, -0.2) is 4.79 Å². The van der Waals surface area contributed by atoms with E-state index in [4.69, 9.17) is 18.9 Å². The van der Waals surface area contributed by atoms with Crippen LogP contribution in [-0.4, -0.2) is 46.3 Å². The maximum atomic E-state index is 11.0. The second-order valence-electron chi connectivity index (χ2n) is 4.99. The molecule has 130 valence electrons. The zero-order chi connectivity index (χ0) is 16.3. The molecule has 0 aliphatic heterocycles. The molecule has 0 fully saturated rings. The molecule has 0 saturated heterocycles. The molecule has 0 atom stereocenters. The minimum absolute atomic E-state index is 0.242. The Hall–Kier alpha value is -0.910. The van der Waals surface area contributed by atoms with Gasteiger partial charge >= 0.3 is 5.97 Å². The molecule has 0 aromatic rings. The van der Waals surface area contributed by atoms with Gasteiger partial charge in [-0.1, -0.05) is 31.8 Å². The standard InChI is InChI=1S/C17H32O5/c1-3-22-17(18)12-10-8-6-4-5-7-9-11-13-20-16-21-15-14-19-2/h10,12H,3-9,11,13-16H2,1-2H3. The molecule has 0 saturated carbocycles. The highest BCUT2D eigenvalue weighted by atomic mass is 16.7. The average molecular weight is 316 g/mol. The lowest BCUT2D eigenvalue weighted by molar-refractivity contribution is -0.137. The Morgan fingerprint density at radius 1 is 0.909 bits per heavy atom. The molecule has 0 unspecified atom stereocenters. The van der Waals surface area contributed by atoms with Crippen molar-refractivity contribution >= 4 is 5.97 Å². The summed E-state index contributed by atoms with van der Waals surface area (Å²) in [7, 11) is 1.65. The highest BCUT2D eigenvalue weighted by molar-refractivity contribution is 5.81. The van der Waals surface area contributed by atoms with Crippen LogP contribution in [0, 0.1) is 0 Å². The van der Waals surface area contributed by atoms with Gasteiger partial charge in [-0.2, -0.15) is 0 Å². The van der Waals surface area contributed by atoms with E-state index < -0.39 is 0 Å². The largest absolute Gasteiger partial charge is 0.463 e. The van der Waals surface area contributed by atoms with Crippen molar-refractivity contribution in [2.75, 3.05) is 40.3 Å². The van der Waals surface area contributed by atoms with Crippen LogP contribution in [0.25, 0.3) is 0 Å². The van der Waals surface area contributed by atoms with E-state index >= 15 is 0 Å². The van der Waals surface area contributed by atoms with Crippen LogP contribution in [0.1, 0.15) is 51.9 Å². The fourth-order valence-corrected chi connectivity index (χ4v) is 1.86. The van der Waals surface area contributed by atoms with Gasteiger partial charge in [0.15, 0.2) is 0 Å². The van der Waals surface area contributed by atoms with E-state index in [1.54, 1.807) is 7.11 Å². The summed E-state index contributed by atoms with van der Waals surface area (Å²) in [6.45, 7) is 4.56. The molecule has 0 spiro atoms. The van der Waals surface area contributed by atoms with Crippen LogP contribution in [0.2, 0.25) is 0 Å². The van der Waals surface area contributed by atoms with Crippen molar-refractivity contribution in [2.24, 2.45) is 0 Å². The number of rotatable bonds is 16. The van der Waals surface area contributed by atoms with Gasteiger partial charge in [0, 0.05) is 19.8 Å². The summed E-state index contributed by atoms with van der Waals surface area (Å²) in [5.41, 5.74) is 0. The number of carbonyl (C=O) groups is 1. The van der Waals surface area contributed by atoms with E-state index in [-0.39, 0.29) is 5.97 Å². The number of hydrogen-bond donors (Lipinski definition) is 0. The Labute approximate surface area is 135 Å². The molecule has 0 aliphatic carbocycles. The molecular weight excluding hydrogens is 284 g/mol. The molecule has 0 bridgehead atoms. The van der Waals surface area contributed by atoms with Crippen molar-refractivity contribution in [3.8, 4) is 0 Å². The van der Waals surface area contributed by atoms with Crippen molar-refractivity contribution in [1.29, 1.82) is 0 Å². The Morgan fingerprint density at radius 3 is 2.32 bits per heavy atom. The molecule has 0 amide bonds. The molecule has 5 nitrogen and oxygen atoms in total. The van der Waals surface area contributed by atoms with Gasteiger partial charge in [0.25, 0.3) is 0 Å². The Morgan fingerprint density at radius 2 is 1.59 bits per heavy atom. The second kappa shape index (κ2) is 18.1. The first-order valence-corrected chi connectivity index (χ1v) is 8.29. The molecule has 22 heavy (non-hydrogen) atoms. The zero-order valence-electron chi connectivity index (χ0n) is 14.2. The quantitative estimate of drug-likeness (QED) is 0.189. The van der Waals surface area contributed by atoms with Gasteiger partial charge in [0.05, 0.1) is 19.8 Å². The molecule has 0 aromatic heterocycles. The molecule has 0 rings (SSSR count). The number of hydrogen-bond acceptors (Lipinski definition) is 5. The molecule has 0 heterocycles. The fourth-order valence-electron chi connectivity index (χ4n) is 1.86. The fraction of sp³-hybridized carbons (Fsp3) is 0.824. The van der Waals surface area contributed by atoms with E-state index in [0.717, 1.165) is 25.9 Å². The number of carbonyl (C=O) groups excluding carboxylic acids is 1. The van der Waals surface area contributed by atoms with Crippen molar-refractivity contribution in [3.63, 3.8) is 0 Å². The lowest BCUT2D eigenvalue weighted by atomic mass is 10.1. The minimum atomic E-state index is -0.242. The number of methoxy groups -OCH3 is 1. The smallest absolute Gasteiger partial charge is 0.330 e. The molecular formula is C17H32O5. The van der Waals surface area contributed by atoms with Crippen LogP contribution in [0.5, 0.6) is 0 Å². The summed E-state index contributed by atoms with van der Waals surface area (Å²) in [6.07, 6.45) is 11.4. The van der Waals surface area contributed by atoms with Crippen LogP contribution >= 0.6 is 0 Å². The first-order valence-electron chi connectivity index (χ1n) is 8.29. The van der Waals surface area contributed by atoms with Crippen LogP contribution < -0.4 is 0 Å². The molecule has 5 heteroatoms. The summed E-state index contributed by atoms with van der Waals surface area (Å²) in [6, 6.07) is 0. The van der Waals surface area contributed by atoms with E-state index in [1.807, 2.05) is 13.0 Å². The van der Waals surface area contributed by atoms with Gasteiger partial charge in [-0.3, -0.25) is 0 Å². The molecule has 0 aliphatic rings. The van der Waals surface area contributed by atoms with Crippen molar-refractivity contribution in [3.05, 3.63) is 12.2 Å². The zero-order valence-corrected chi connectivity index (χ0v) is 14.2. The van der Waals surface area contributed by atoms with E-state index in [1.165, 1.54) is 31.8 Å². The lowest BCUT2D eigenvalue weighted by Gasteiger charge is -2.05. The Balaban J connectivity index is 3.10. The summed E-state index contributed by atoms with van der Waals surface area (Å²) in [5, 5.41) is 0. The normalized spacial score (nSPS) is 11.2.